The molecule has 6 rings (SSSR count). The second kappa shape index (κ2) is 7.48. The highest BCUT2D eigenvalue weighted by molar-refractivity contribution is 6.00. The Morgan fingerprint density at radius 2 is 1.86 bits per heavy atom. The minimum absolute atomic E-state index is 0.206. The molecule has 0 amide bonds. The van der Waals surface area contributed by atoms with Crippen LogP contribution in [-0.2, 0) is 19.2 Å². The fraction of sp³-hybridized carbons (Fsp3) is 0.429. The molecule has 182 valence electrons. The van der Waals surface area contributed by atoms with Crippen LogP contribution >= 0.6 is 0 Å². The topological polar surface area (TPSA) is 76.1 Å². The molecule has 0 bridgehead atoms. The highest BCUT2D eigenvalue weighted by Crippen LogP contribution is 2.61. The molecule has 2 aliphatic heterocycles. The first-order valence-corrected chi connectivity index (χ1v) is 12.2. The number of carbonyl (C=O) groups is 2. The second-order valence-electron chi connectivity index (χ2n) is 10.6. The Kier molecular flexibility index (Phi) is 4.80. The maximum absolute atomic E-state index is 14.2. The van der Waals surface area contributed by atoms with Crippen LogP contribution in [0.3, 0.4) is 0 Å². The number of hydrogen-bond acceptors (Lipinski definition) is 6. The summed E-state index contributed by atoms with van der Waals surface area (Å²) in [5.74, 6) is -1.81. The van der Waals surface area contributed by atoms with E-state index in [2.05, 4.69) is 0 Å². The van der Waals surface area contributed by atoms with Crippen molar-refractivity contribution in [3.8, 4) is 0 Å². The van der Waals surface area contributed by atoms with Gasteiger partial charge in [-0.15, -0.1) is 0 Å². The maximum atomic E-state index is 14.2. The number of rotatable bonds is 2. The first kappa shape index (κ1) is 22.4. The van der Waals surface area contributed by atoms with Crippen molar-refractivity contribution in [1.29, 1.82) is 0 Å². The van der Waals surface area contributed by atoms with Gasteiger partial charge in [0, 0.05) is 12.3 Å². The van der Waals surface area contributed by atoms with Crippen molar-refractivity contribution in [2.45, 2.75) is 56.5 Å². The van der Waals surface area contributed by atoms with Crippen molar-refractivity contribution in [3.05, 3.63) is 78.1 Å². The van der Waals surface area contributed by atoms with Crippen LogP contribution in [0.4, 0.5) is 10.1 Å². The third kappa shape index (κ3) is 2.88. The van der Waals surface area contributed by atoms with Crippen molar-refractivity contribution >= 4 is 17.4 Å². The standard InChI is InChI=1S/C28H28FNO5/c1-17-11-12-21-24(26(2)23(31)13-14-28(17,26)33)34-25(32)27(21)16-22(18-7-6-8-19(29)15-18)30(35-27)20-9-4-3-5-10-20/h3-10,13-15,17,21-22,24,33H,11-12,16H2,1-2H3/t17-,21+,22?,24+,26-,27-,28+/m0/s1. The molecule has 4 aliphatic rings. The van der Waals surface area contributed by atoms with Gasteiger partial charge < -0.3 is 9.84 Å². The predicted octanol–water partition coefficient (Wildman–Crippen LogP) is 4.30. The highest BCUT2D eigenvalue weighted by atomic mass is 19.1. The van der Waals surface area contributed by atoms with E-state index in [1.165, 1.54) is 18.2 Å². The van der Waals surface area contributed by atoms with Crippen molar-refractivity contribution < 1.29 is 28.7 Å². The summed E-state index contributed by atoms with van der Waals surface area (Å²) in [7, 11) is 0. The Morgan fingerprint density at radius 3 is 2.60 bits per heavy atom. The summed E-state index contributed by atoms with van der Waals surface area (Å²) in [5.41, 5.74) is -2.64. The number of fused-ring (bicyclic) bond motifs is 4. The largest absolute Gasteiger partial charge is 0.459 e. The number of halogens is 1. The van der Waals surface area contributed by atoms with Crippen molar-refractivity contribution in [2.24, 2.45) is 17.3 Å². The lowest BCUT2D eigenvalue weighted by atomic mass is 9.63. The van der Waals surface area contributed by atoms with Gasteiger partial charge in [-0.2, -0.15) is 0 Å². The number of hydrogen-bond donors (Lipinski definition) is 1. The number of aliphatic hydroxyl groups is 1. The van der Waals surface area contributed by atoms with E-state index in [1.54, 1.807) is 24.1 Å². The Labute approximate surface area is 203 Å². The Hall–Kier alpha value is -3.03. The fourth-order valence-corrected chi connectivity index (χ4v) is 6.80. The van der Waals surface area contributed by atoms with E-state index in [0.29, 0.717) is 18.4 Å². The van der Waals surface area contributed by atoms with Crippen LogP contribution in [0.2, 0.25) is 0 Å². The summed E-state index contributed by atoms with van der Waals surface area (Å²) in [4.78, 5) is 33.4. The number of esters is 1. The van der Waals surface area contributed by atoms with Crippen LogP contribution in [0.1, 0.15) is 44.7 Å². The summed E-state index contributed by atoms with van der Waals surface area (Å²) in [6.07, 6.45) is 3.55. The summed E-state index contributed by atoms with van der Waals surface area (Å²) in [5, 5.41) is 13.3. The van der Waals surface area contributed by atoms with Crippen molar-refractivity contribution in [1.82, 2.24) is 0 Å². The lowest BCUT2D eigenvalue weighted by molar-refractivity contribution is -0.169. The zero-order valence-corrected chi connectivity index (χ0v) is 19.7. The van der Waals surface area contributed by atoms with Crippen LogP contribution in [0.15, 0.2) is 66.7 Å². The fourth-order valence-electron chi connectivity index (χ4n) is 6.80. The Morgan fingerprint density at radius 1 is 1.09 bits per heavy atom. The summed E-state index contributed by atoms with van der Waals surface area (Å²) >= 11 is 0. The number of carbonyl (C=O) groups excluding carboxylic acids is 2. The average Bonchev–Trinajstić information content (AvgIpc) is 3.45. The van der Waals surface area contributed by atoms with Gasteiger partial charge in [0.15, 0.2) is 5.78 Å². The van der Waals surface area contributed by atoms with E-state index in [4.69, 9.17) is 9.57 Å². The molecule has 0 radical (unpaired) electrons. The van der Waals surface area contributed by atoms with Gasteiger partial charge in [0.05, 0.1) is 17.1 Å². The predicted molar refractivity (Wildman–Crippen MR) is 125 cm³/mol. The van der Waals surface area contributed by atoms with Gasteiger partial charge in [-0.05, 0) is 67.7 Å². The minimum atomic E-state index is -1.41. The molecule has 2 saturated heterocycles. The summed E-state index contributed by atoms with van der Waals surface area (Å²) < 4.78 is 20.2. The van der Waals surface area contributed by atoms with E-state index >= 15 is 0 Å². The number of hydroxylamine groups is 1. The van der Waals surface area contributed by atoms with Gasteiger partial charge in [0.2, 0.25) is 5.60 Å². The highest BCUT2D eigenvalue weighted by Gasteiger charge is 2.74. The monoisotopic (exact) mass is 477 g/mol. The van der Waals surface area contributed by atoms with Crippen LogP contribution in [0.5, 0.6) is 0 Å². The molecule has 6 nitrogen and oxygen atoms in total. The smallest absolute Gasteiger partial charge is 0.342 e. The minimum Gasteiger partial charge on any atom is -0.459 e. The van der Waals surface area contributed by atoms with Gasteiger partial charge in [-0.25, -0.2) is 14.2 Å². The van der Waals surface area contributed by atoms with Gasteiger partial charge in [-0.3, -0.25) is 9.63 Å². The first-order chi connectivity index (χ1) is 16.7. The quantitative estimate of drug-likeness (QED) is 0.651. The molecule has 35 heavy (non-hydrogen) atoms. The van der Waals surface area contributed by atoms with Gasteiger partial charge in [0.25, 0.3) is 0 Å². The number of allylic oxidation sites excluding steroid dienone is 1. The molecule has 7 atom stereocenters. The SMILES string of the molecule is C[C@H]1CC[C@@H]2[C@@H](OC(=O)[C@]23CC(c2cccc(F)c2)N(c2ccccc2)O3)[C@]2(C)C(=O)C=C[C@@]12O. The Balaban J connectivity index is 1.46. The van der Waals surface area contributed by atoms with E-state index < -0.39 is 40.7 Å². The molecule has 2 aliphatic carbocycles. The van der Waals surface area contributed by atoms with Crippen LogP contribution in [-0.4, -0.2) is 34.2 Å². The number of ketones is 1. The molecule has 1 N–H and O–H groups in total. The molecule has 1 saturated carbocycles. The van der Waals surface area contributed by atoms with E-state index in [0.717, 1.165) is 5.69 Å². The average molecular weight is 478 g/mol. The molecule has 1 spiro atoms. The number of nitrogens with zero attached hydrogens (tertiary/aromatic N) is 1. The molecular formula is C28H28FNO5. The second-order valence-corrected chi connectivity index (χ2v) is 10.6. The van der Waals surface area contributed by atoms with Gasteiger partial charge in [-0.1, -0.05) is 37.3 Å². The molecule has 1 unspecified atom stereocenters. The molecular weight excluding hydrogens is 449 g/mol. The van der Waals surface area contributed by atoms with Gasteiger partial charge in [0.1, 0.15) is 17.5 Å². The van der Waals surface area contributed by atoms with Crippen molar-refractivity contribution in [3.63, 3.8) is 0 Å². The molecule has 0 aromatic heterocycles. The van der Waals surface area contributed by atoms with E-state index in [-0.39, 0.29) is 23.9 Å². The zero-order chi connectivity index (χ0) is 24.6. The third-order valence-corrected chi connectivity index (χ3v) is 8.89. The van der Waals surface area contributed by atoms with Crippen molar-refractivity contribution in [2.75, 3.05) is 5.06 Å². The maximum Gasteiger partial charge on any atom is 0.342 e. The van der Waals surface area contributed by atoms with Crippen LogP contribution in [0, 0.1) is 23.1 Å². The molecule has 7 heteroatoms. The van der Waals surface area contributed by atoms with E-state index in [9.17, 15) is 19.1 Å². The molecule has 2 aromatic carbocycles. The lowest BCUT2D eigenvalue weighted by Gasteiger charge is -2.43. The van der Waals surface area contributed by atoms with Crippen LogP contribution in [0.25, 0.3) is 0 Å². The summed E-state index contributed by atoms with van der Waals surface area (Å²) in [6, 6.07) is 15.3. The lowest BCUT2D eigenvalue weighted by Crippen LogP contribution is -2.57. The first-order valence-electron chi connectivity index (χ1n) is 12.2. The number of ether oxygens (including phenoxy) is 1. The third-order valence-electron chi connectivity index (χ3n) is 8.89. The molecule has 2 heterocycles. The van der Waals surface area contributed by atoms with E-state index in [1.807, 2.05) is 43.3 Å². The zero-order valence-electron chi connectivity index (χ0n) is 19.7. The number of benzene rings is 2. The number of para-hydroxylation sites is 1. The van der Waals surface area contributed by atoms with Crippen LogP contribution < -0.4 is 5.06 Å². The number of anilines is 1. The van der Waals surface area contributed by atoms with Gasteiger partial charge >= 0.3 is 5.97 Å². The summed E-state index contributed by atoms with van der Waals surface area (Å²) in [6.45, 7) is 3.63. The normalized spacial score (nSPS) is 40.1. The molecule has 3 fully saturated rings. The Bertz CT molecular complexity index is 1230. The molecule has 2 aromatic rings.